The Morgan fingerprint density at radius 2 is 1.64 bits per heavy atom. The third-order valence-electron chi connectivity index (χ3n) is 14.4. The lowest BCUT2D eigenvalue weighted by Gasteiger charge is -2.62. The van der Waals surface area contributed by atoms with Gasteiger partial charge in [-0.15, -0.1) is 0 Å². The predicted molar refractivity (Wildman–Crippen MR) is 175 cm³/mol. The second-order valence-electron chi connectivity index (χ2n) is 16.6. The van der Waals surface area contributed by atoms with Crippen molar-refractivity contribution in [3.05, 3.63) is 12.7 Å². The van der Waals surface area contributed by atoms with Gasteiger partial charge < -0.3 is 30.9 Å². The molecule has 10 atom stereocenters. The van der Waals surface area contributed by atoms with E-state index in [0.29, 0.717) is 42.2 Å². The van der Waals surface area contributed by atoms with E-state index in [-0.39, 0.29) is 52.0 Å². The van der Waals surface area contributed by atoms with Crippen LogP contribution in [0, 0.1) is 34.5 Å². The molecule has 6 rings (SSSR count). The molecule has 6 aliphatic rings. The van der Waals surface area contributed by atoms with E-state index in [2.05, 4.69) is 38.3 Å². The van der Waals surface area contributed by atoms with Crippen molar-refractivity contribution in [1.29, 1.82) is 0 Å². The number of rotatable bonds is 8. The highest BCUT2D eigenvalue weighted by Gasteiger charge is 2.67. The molecule has 4 aliphatic carbocycles. The number of ether oxygens (including phenoxy) is 2. The number of quaternary nitrogens is 1. The number of carbonyl (C=O) groups is 2. The number of fused-ring (bicyclic) bond motifs is 5. The molecule has 2 heterocycles. The number of carbonyl (C=O) groups excluding carboxylic acids is 2. The van der Waals surface area contributed by atoms with Crippen LogP contribution in [-0.2, 0) is 19.1 Å². The average molecular weight is 692 g/mol. The van der Waals surface area contributed by atoms with Crippen LogP contribution in [-0.4, -0.2) is 78.3 Å². The number of hydrogen-bond donors (Lipinski definition) is 0. The maximum atomic E-state index is 13.3. The minimum atomic E-state index is -0.115. The van der Waals surface area contributed by atoms with Crippen LogP contribution in [0.25, 0.3) is 0 Å². The molecule has 7 heteroatoms. The Balaban J connectivity index is 0.00000400. The second-order valence-corrected chi connectivity index (χ2v) is 16.6. The summed E-state index contributed by atoms with van der Waals surface area (Å²) in [6.07, 6.45) is 19.6. The Morgan fingerprint density at radius 3 is 2.29 bits per heavy atom. The summed E-state index contributed by atoms with van der Waals surface area (Å²) >= 11 is 0. The van der Waals surface area contributed by atoms with Crippen molar-refractivity contribution >= 4 is 11.9 Å². The molecule has 0 aromatic carbocycles. The molecular weight excluding hydrogens is 628 g/mol. The Hall–Kier alpha value is -0.920. The van der Waals surface area contributed by atoms with E-state index >= 15 is 0 Å². The lowest BCUT2D eigenvalue weighted by molar-refractivity contribution is -0.948. The molecule has 0 N–H and O–H groups in total. The molecular formula is C38H63BrN2O4. The molecule has 0 bridgehead atoms. The van der Waals surface area contributed by atoms with Crippen molar-refractivity contribution in [1.82, 2.24) is 4.90 Å². The number of esters is 2. The van der Waals surface area contributed by atoms with Gasteiger partial charge >= 0.3 is 11.9 Å². The van der Waals surface area contributed by atoms with Crippen LogP contribution in [0.4, 0.5) is 0 Å². The summed E-state index contributed by atoms with van der Waals surface area (Å²) in [5.74, 6) is 2.51. The van der Waals surface area contributed by atoms with Crippen molar-refractivity contribution < 1.29 is 40.5 Å². The first-order valence-electron chi connectivity index (χ1n) is 18.7. The van der Waals surface area contributed by atoms with Crippen LogP contribution in [0.3, 0.4) is 0 Å². The summed E-state index contributed by atoms with van der Waals surface area (Å²) < 4.78 is 13.9. The highest BCUT2D eigenvalue weighted by molar-refractivity contribution is 5.69. The molecule has 2 saturated heterocycles. The standard InChI is InChI=1S/C38H63N2O4.BrH/c1-6-14-35(42)44-36-33(40(21-7-2)22-12-8-9-13-23-40)25-31-29-16-15-28-24-34(43-27(3)41)32(39-19-10-11-20-39)26-38(28,5)30(29)17-18-37(31,36)4;/h7,28-34,36H,2,6,8-26H2,1,3-5H3;1H/q+1;/p-1/t28-,29?,30?,31?,32-,33-,34-,36-,37-,38-;/m0./s1. The summed E-state index contributed by atoms with van der Waals surface area (Å²) in [4.78, 5) is 28.2. The van der Waals surface area contributed by atoms with E-state index in [1.807, 2.05) is 0 Å². The van der Waals surface area contributed by atoms with Crippen LogP contribution in [0.15, 0.2) is 12.7 Å². The van der Waals surface area contributed by atoms with Crippen molar-refractivity contribution in [2.24, 2.45) is 34.5 Å². The van der Waals surface area contributed by atoms with E-state index < -0.39 is 0 Å². The molecule has 0 spiro atoms. The molecule has 0 aromatic heterocycles. The molecule has 0 aromatic rings. The van der Waals surface area contributed by atoms with E-state index in [1.54, 1.807) is 6.92 Å². The number of halogens is 1. The molecule has 6 fully saturated rings. The quantitative estimate of drug-likeness (QED) is 0.216. The van der Waals surface area contributed by atoms with Crippen LogP contribution >= 0.6 is 0 Å². The van der Waals surface area contributed by atoms with Crippen molar-refractivity contribution in [2.75, 3.05) is 32.7 Å². The first-order chi connectivity index (χ1) is 21.1. The zero-order chi connectivity index (χ0) is 31.1. The van der Waals surface area contributed by atoms with Gasteiger partial charge in [-0.25, -0.2) is 0 Å². The Labute approximate surface area is 284 Å². The monoisotopic (exact) mass is 690 g/mol. The SMILES string of the molecule is C=CC[N+]1([C@H]2CC3C4CC[C@H]5C[C@H](OC(C)=O)[C@@H](N6CCCC6)C[C@]5(C)C4CC[C@]3(C)[C@H]2OC(=O)CCC)CCCCCC1.[Br-]. The Morgan fingerprint density at radius 1 is 0.933 bits per heavy atom. The third-order valence-corrected chi connectivity index (χ3v) is 14.4. The minimum Gasteiger partial charge on any atom is -1.00 e. The van der Waals surface area contributed by atoms with E-state index in [0.717, 1.165) is 49.8 Å². The average Bonchev–Trinajstić information content (AvgIpc) is 3.54. The van der Waals surface area contributed by atoms with Gasteiger partial charge in [-0.1, -0.05) is 27.4 Å². The summed E-state index contributed by atoms with van der Waals surface area (Å²) in [7, 11) is 0. The van der Waals surface area contributed by atoms with Gasteiger partial charge in [-0.2, -0.15) is 0 Å². The molecule has 2 aliphatic heterocycles. The molecule has 4 saturated carbocycles. The van der Waals surface area contributed by atoms with Crippen molar-refractivity contribution in [2.45, 2.75) is 148 Å². The lowest BCUT2D eigenvalue weighted by Crippen LogP contribution is -3.00. The van der Waals surface area contributed by atoms with Crippen LogP contribution in [0.5, 0.6) is 0 Å². The zero-order valence-corrected chi connectivity index (χ0v) is 30.5. The topological polar surface area (TPSA) is 55.8 Å². The summed E-state index contributed by atoms with van der Waals surface area (Å²) in [5.41, 5.74) is 0.317. The lowest BCUT2D eigenvalue weighted by atomic mass is 9.44. The normalized spacial score (nSPS) is 42.7. The molecule has 256 valence electrons. The maximum Gasteiger partial charge on any atom is 0.306 e. The molecule has 3 unspecified atom stereocenters. The van der Waals surface area contributed by atoms with Crippen molar-refractivity contribution in [3.8, 4) is 0 Å². The second kappa shape index (κ2) is 14.3. The molecule has 6 nitrogen and oxygen atoms in total. The first-order valence-corrected chi connectivity index (χ1v) is 18.7. The summed E-state index contributed by atoms with van der Waals surface area (Å²) in [6, 6.07) is 0.732. The van der Waals surface area contributed by atoms with Gasteiger partial charge in [0, 0.05) is 31.2 Å². The molecule has 0 radical (unpaired) electrons. The van der Waals surface area contributed by atoms with Crippen LogP contribution < -0.4 is 17.0 Å². The fraction of sp³-hybridized carbons (Fsp3) is 0.895. The first kappa shape index (κ1) is 35.4. The van der Waals surface area contributed by atoms with E-state index in [9.17, 15) is 9.59 Å². The molecule has 0 amide bonds. The van der Waals surface area contributed by atoms with Gasteiger partial charge in [0.15, 0.2) is 6.10 Å². The fourth-order valence-electron chi connectivity index (χ4n) is 12.4. The van der Waals surface area contributed by atoms with Gasteiger partial charge in [-0.3, -0.25) is 14.5 Å². The maximum absolute atomic E-state index is 13.3. The number of nitrogens with zero attached hydrogens (tertiary/aromatic N) is 2. The Kier molecular flexibility index (Phi) is 11.2. The van der Waals surface area contributed by atoms with E-state index in [4.69, 9.17) is 9.47 Å². The van der Waals surface area contributed by atoms with Crippen LogP contribution in [0.2, 0.25) is 0 Å². The molecule has 45 heavy (non-hydrogen) atoms. The van der Waals surface area contributed by atoms with Crippen LogP contribution in [0.1, 0.15) is 124 Å². The minimum absolute atomic E-state index is 0. The third kappa shape index (κ3) is 6.46. The number of hydrogen-bond acceptors (Lipinski definition) is 5. The zero-order valence-electron chi connectivity index (χ0n) is 29.0. The highest BCUT2D eigenvalue weighted by Crippen LogP contribution is 2.68. The largest absolute Gasteiger partial charge is 1.00 e. The predicted octanol–water partition coefficient (Wildman–Crippen LogP) is 4.31. The Bertz CT molecular complexity index is 1050. The van der Waals surface area contributed by atoms with Gasteiger partial charge in [-0.05, 0) is 132 Å². The smallest absolute Gasteiger partial charge is 0.306 e. The van der Waals surface area contributed by atoms with Crippen molar-refractivity contribution in [3.63, 3.8) is 0 Å². The van der Waals surface area contributed by atoms with Gasteiger partial charge in [0.25, 0.3) is 0 Å². The fourth-order valence-corrected chi connectivity index (χ4v) is 12.4. The van der Waals surface area contributed by atoms with E-state index in [1.165, 1.54) is 77.3 Å². The van der Waals surface area contributed by atoms with Gasteiger partial charge in [0.05, 0.1) is 19.6 Å². The highest BCUT2D eigenvalue weighted by atomic mass is 79.9. The van der Waals surface area contributed by atoms with Gasteiger partial charge in [0.1, 0.15) is 12.1 Å². The number of likely N-dealkylation sites (tertiary alicyclic amines) is 2. The summed E-state index contributed by atoms with van der Waals surface area (Å²) in [5, 5.41) is 0. The van der Waals surface area contributed by atoms with Gasteiger partial charge in [0.2, 0.25) is 0 Å². The summed E-state index contributed by atoms with van der Waals surface area (Å²) in [6.45, 7) is 18.8.